The Morgan fingerprint density at radius 2 is 2.25 bits per heavy atom. The highest BCUT2D eigenvalue weighted by Gasteiger charge is 2.37. The Balaban J connectivity index is 2.20. The van der Waals surface area contributed by atoms with Gasteiger partial charge in [0.25, 0.3) is 0 Å². The zero-order valence-corrected chi connectivity index (χ0v) is 10.4. The normalized spacial score (nSPS) is 24.3. The van der Waals surface area contributed by atoms with Gasteiger partial charge in [-0.15, -0.1) is 0 Å². The van der Waals surface area contributed by atoms with E-state index < -0.39 is 0 Å². The van der Waals surface area contributed by atoms with Crippen LogP contribution in [0.1, 0.15) is 49.9 Å². The summed E-state index contributed by atoms with van der Waals surface area (Å²) in [5, 5.41) is 4.08. The molecule has 3 heteroatoms. The van der Waals surface area contributed by atoms with Gasteiger partial charge < -0.3 is 0 Å². The molecule has 0 amide bonds. The molecule has 2 rings (SSSR count). The molecule has 0 aliphatic heterocycles. The lowest BCUT2D eigenvalue weighted by molar-refractivity contribution is 0.0697. The predicted molar refractivity (Wildman–Crippen MR) is 63.3 cm³/mol. The summed E-state index contributed by atoms with van der Waals surface area (Å²) in [5.41, 5.74) is 0.910. The van der Waals surface area contributed by atoms with Crippen LogP contribution in [0.2, 0.25) is 0 Å². The van der Waals surface area contributed by atoms with Gasteiger partial charge in [0.15, 0.2) is 5.78 Å². The van der Waals surface area contributed by atoms with Gasteiger partial charge in [-0.1, -0.05) is 26.7 Å². The fraction of sp³-hybridized carbons (Fsp3) is 0.692. The Hall–Kier alpha value is -1.12. The van der Waals surface area contributed by atoms with E-state index in [4.69, 9.17) is 0 Å². The summed E-state index contributed by atoms with van der Waals surface area (Å²) < 4.78 is 1.70. The first-order valence-corrected chi connectivity index (χ1v) is 6.03. The first-order chi connectivity index (χ1) is 7.50. The molecule has 1 heterocycles. The predicted octanol–water partition coefficient (Wildman–Crippen LogP) is 2.82. The molecule has 1 saturated carbocycles. The third kappa shape index (κ3) is 2.04. The Morgan fingerprint density at radius 1 is 1.50 bits per heavy atom. The minimum absolute atomic E-state index is 0.144. The molecular weight excluding hydrogens is 200 g/mol. The molecule has 88 valence electrons. The van der Waals surface area contributed by atoms with Crippen molar-refractivity contribution in [2.45, 2.75) is 39.5 Å². The number of ketones is 1. The van der Waals surface area contributed by atoms with E-state index in [-0.39, 0.29) is 17.1 Å². The molecule has 0 spiro atoms. The van der Waals surface area contributed by atoms with Crippen molar-refractivity contribution in [3.63, 3.8) is 0 Å². The second-order valence-electron chi connectivity index (χ2n) is 5.55. The van der Waals surface area contributed by atoms with Crippen molar-refractivity contribution in [3.8, 4) is 0 Å². The van der Waals surface area contributed by atoms with E-state index in [0.717, 1.165) is 18.4 Å². The molecule has 1 aromatic rings. The minimum Gasteiger partial charge on any atom is -0.294 e. The Labute approximate surface area is 96.8 Å². The Morgan fingerprint density at radius 3 is 2.81 bits per heavy atom. The summed E-state index contributed by atoms with van der Waals surface area (Å²) in [4.78, 5) is 12.4. The maximum absolute atomic E-state index is 12.4. The van der Waals surface area contributed by atoms with Crippen LogP contribution in [0, 0.1) is 11.3 Å². The van der Waals surface area contributed by atoms with Crippen LogP contribution in [-0.4, -0.2) is 15.6 Å². The SMILES string of the molecule is Cn1cc(C(=O)C2CCCCC2(C)C)cn1. The fourth-order valence-corrected chi connectivity index (χ4v) is 2.73. The topological polar surface area (TPSA) is 34.9 Å². The lowest BCUT2D eigenvalue weighted by Gasteiger charge is -2.37. The summed E-state index contributed by atoms with van der Waals surface area (Å²) >= 11 is 0. The monoisotopic (exact) mass is 220 g/mol. The molecule has 0 radical (unpaired) electrons. The molecule has 0 saturated heterocycles. The standard InChI is InChI=1S/C13H20N2O/c1-13(2)7-5-4-6-11(13)12(16)10-8-14-15(3)9-10/h8-9,11H,4-7H2,1-3H3. The second kappa shape index (κ2) is 4.04. The van der Waals surface area contributed by atoms with Gasteiger partial charge in [-0.05, 0) is 18.3 Å². The van der Waals surface area contributed by atoms with Crippen molar-refractivity contribution in [1.29, 1.82) is 0 Å². The van der Waals surface area contributed by atoms with Gasteiger partial charge in [0.2, 0.25) is 0 Å². The third-order valence-corrected chi connectivity index (χ3v) is 3.81. The van der Waals surface area contributed by atoms with Crippen LogP contribution in [0.4, 0.5) is 0 Å². The van der Waals surface area contributed by atoms with Crippen molar-refractivity contribution < 1.29 is 4.79 Å². The molecule has 16 heavy (non-hydrogen) atoms. The Kier molecular flexibility index (Phi) is 2.87. The van der Waals surface area contributed by atoms with E-state index in [1.807, 2.05) is 13.2 Å². The maximum atomic E-state index is 12.4. The molecule has 0 bridgehead atoms. The lowest BCUT2D eigenvalue weighted by Crippen LogP contribution is -2.33. The summed E-state index contributed by atoms with van der Waals surface area (Å²) in [6.07, 6.45) is 8.13. The zero-order valence-electron chi connectivity index (χ0n) is 10.4. The summed E-state index contributed by atoms with van der Waals surface area (Å²) in [6.45, 7) is 4.43. The largest absolute Gasteiger partial charge is 0.294 e. The molecule has 1 atom stereocenters. The van der Waals surface area contributed by atoms with Gasteiger partial charge in [-0.3, -0.25) is 9.48 Å². The number of carbonyl (C=O) groups excluding carboxylic acids is 1. The van der Waals surface area contributed by atoms with Crippen molar-refractivity contribution in [2.75, 3.05) is 0 Å². The van der Waals surface area contributed by atoms with Crippen LogP contribution in [0.5, 0.6) is 0 Å². The third-order valence-electron chi connectivity index (χ3n) is 3.81. The zero-order chi connectivity index (χ0) is 11.8. The van der Waals surface area contributed by atoms with Crippen LogP contribution in [0.3, 0.4) is 0 Å². The number of nitrogens with zero attached hydrogens (tertiary/aromatic N) is 2. The number of hydrogen-bond donors (Lipinski definition) is 0. The van der Waals surface area contributed by atoms with E-state index in [0.29, 0.717) is 0 Å². The van der Waals surface area contributed by atoms with E-state index in [9.17, 15) is 4.79 Å². The number of aromatic nitrogens is 2. The van der Waals surface area contributed by atoms with Crippen LogP contribution in [0.25, 0.3) is 0 Å². The summed E-state index contributed by atoms with van der Waals surface area (Å²) in [5.74, 6) is 0.447. The highest BCUT2D eigenvalue weighted by molar-refractivity contribution is 5.97. The molecule has 0 aromatic carbocycles. The quantitative estimate of drug-likeness (QED) is 0.718. The number of rotatable bonds is 2. The van der Waals surface area contributed by atoms with Crippen LogP contribution in [0.15, 0.2) is 12.4 Å². The van der Waals surface area contributed by atoms with Gasteiger partial charge in [0, 0.05) is 19.2 Å². The second-order valence-corrected chi connectivity index (χ2v) is 5.55. The van der Waals surface area contributed by atoms with E-state index in [1.54, 1.807) is 10.9 Å². The summed E-state index contributed by atoms with van der Waals surface area (Å²) in [7, 11) is 1.85. The van der Waals surface area contributed by atoms with E-state index in [1.165, 1.54) is 12.8 Å². The molecule has 1 fully saturated rings. The van der Waals surface area contributed by atoms with Gasteiger partial charge in [-0.2, -0.15) is 5.10 Å². The number of hydrogen-bond acceptors (Lipinski definition) is 2. The minimum atomic E-state index is 0.144. The summed E-state index contributed by atoms with van der Waals surface area (Å²) in [6, 6.07) is 0. The van der Waals surface area contributed by atoms with Crippen LogP contribution < -0.4 is 0 Å². The van der Waals surface area contributed by atoms with Crippen LogP contribution >= 0.6 is 0 Å². The van der Waals surface area contributed by atoms with Gasteiger partial charge in [-0.25, -0.2) is 0 Å². The molecule has 1 aromatic heterocycles. The smallest absolute Gasteiger partial charge is 0.169 e. The lowest BCUT2D eigenvalue weighted by atomic mass is 9.66. The number of aryl methyl sites for hydroxylation is 1. The highest BCUT2D eigenvalue weighted by atomic mass is 16.1. The van der Waals surface area contributed by atoms with Gasteiger partial charge in [0.1, 0.15) is 0 Å². The number of Topliss-reactive ketones (excluding diaryl/α,β-unsaturated/α-hetero) is 1. The van der Waals surface area contributed by atoms with Crippen LogP contribution in [-0.2, 0) is 7.05 Å². The Bertz CT molecular complexity index is 392. The van der Waals surface area contributed by atoms with Crippen molar-refractivity contribution in [2.24, 2.45) is 18.4 Å². The van der Waals surface area contributed by atoms with Gasteiger partial charge in [0.05, 0.1) is 11.8 Å². The molecule has 1 aliphatic carbocycles. The van der Waals surface area contributed by atoms with E-state index in [2.05, 4.69) is 18.9 Å². The molecule has 0 N–H and O–H groups in total. The number of carbonyl (C=O) groups is 1. The average Bonchev–Trinajstić information content (AvgIpc) is 2.63. The molecule has 1 unspecified atom stereocenters. The fourth-order valence-electron chi connectivity index (χ4n) is 2.73. The van der Waals surface area contributed by atoms with Crippen molar-refractivity contribution >= 4 is 5.78 Å². The average molecular weight is 220 g/mol. The van der Waals surface area contributed by atoms with E-state index >= 15 is 0 Å². The van der Waals surface area contributed by atoms with Crippen molar-refractivity contribution in [1.82, 2.24) is 9.78 Å². The van der Waals surface area contributed by atoms with Gasteiger partial charge >= 0.3 is 0 Å². The first kappa shape index (κ1) is 11.4. The van der Waals surface area contributed by atoms with Crippen molar-refractivity contribution in [3.05, 3.63) is 18.0 Å². The molecule has 3 nitrogen and oxygen atoms in total. The highest BCUT2D eigenvalue weighted by Crippen LogP contribution is 2.42. The first-order valence-electron chi connectivity index (χ1n) is 6.03. The maximum Gasteiger partial charge on any atom is 0.169 e. The molecular formula is C13H20N2O. The molecule has 1 aliphatic rings.